The van der Waals surface area contributed by atoms with Gasteiger partial charge in [0.2, 0.25) is 0 Å². The largest absolute Gasteiger partial charge is 0.310 e. The minimum atomic E-state index is -0.207. The van der Waals surface area contributed by atoms with E-state index in [4.69, 9.17) is 11.6 Å². The molecule has 1 aromatic rings. The summed E-state index contributed by atoms with van der Waals surface area (Å²) in [6.07, 6.45) is 2.28. The third-order valence-corrected chi connectivity index (χ3v) is 3.85. The van der Waals surface area contributed by atoms with Gasteiger partial charge in [-0.15, -0.1) is 0 Å². The van der Waals surface area contributed by atoms with E-state index in [1.165, 1.54) is 12.5 Å². The summed E-state index contributed by atoms with van der Waals surface area (Å²) >= 11 is 6.18. The fraction of sp³-hybridized carbons (Fsp3) is 0.571. The second-order valence-corrected chi connectivity index (χ2v) is 5.38. The highest BCUT2D eigenvalue weighted by atomic mass is 35.5. The van der Waals surface area contributed by atoms with Gasteiger partial charge in [0.15, 0.2) is 0 Å². The SMILES string of the molecule is CCCNC(c1cc(F)ccc1Cl)C1CC1C. The van der Waals surface area contributed by atoms with Gasteiger partial charge in [0.05, 0.1) is 0 Å². The third-order valence-electron chi connectivity index (χ3n) is 3.51. The molecule has 3 unspecified atom stereocenters. The summed E-state index contributed by atoms with van der Waals surface area (Å²) in [6, 6.07) is 4.84. The van der Waals surface area contributed by atoms with Crippen molar-refractivity contribution in [2.24, 2.45) is 11.8 Å². The predicted molar refractivity (Wildman–Crippen MR) is 69.7 cm³/mol. The molecule has 0 saturated heterocycles. The maximum Gasteiger partial charge on any atom is 0.123 e. The summed E-state index contributed by atoms with van der Waals surface area (Å²) in [4.78, 5) is 0. The van der Waals surface area contributed by atoms with Crippen LogP contribution in [0.2, 0.25) is 5.02 Å². The van der Waals surface area contributed by atoms with Crippen molar-refractivity contribution in [2.45, 2.75) is 32.7 Å². The molecule has 1 N–H and O–H groups in total. The van der Waals surface area contributed by atoms with Crippen molar-refractivity contribution >= 4 is 11.6 Å². The molecule has 1 fully saturated rings. The Hall–Kier alpha value is -0.600. The summed E-state index contributed by atoms with van der Waals surface area (Å²) < 4.78 is 13.3. The van der Waals surface area contributed by atoms with Gasteiger partial charge in [-0.2, -0.15) is 0 Å². The molecule has 1 saturated carbocycles. The zero-order valence-electron chi connectivity index (χ0n) is 10.3. The van der Waals surface area contributed by atoms with Crippen LogP contribution in [-0.2, 0) is 0 Å². The van der Waals surface area contributed by atoms with E-state index in [0.29, 0.717) is 16.9 Å². The van der Waals surface area contributed by atoms with Crippen LogP contribution in [0.4, 0.5) is 4.39 Å². The molecule has 2 rings (SSSR count). The number of hydrogen-bond acceptors (Lipinski definition) is 1. The molecule has 0 spiro atoms. The summed E-state index contributed by atoms with van der Waals surface area (Å²) in [5, 5.41) is 4.16. The van der Waals surface area contributed by atoms with Gasteiger partial charge in [-0.1, -0.05) is 25.4 Å². The highest BCUT2D eigenvalue weighted by Crippen LogP contribution is 2.48. The highest BCUT2D eigenvalue weighted by molar-refractivity contribution is 6.31. The van der Waals surface area contributed by atoms with E-state index in [1.54, 1.807) is 12.1 Å². The summed E-state index contributed by atoms with van der Waals surface area (Å²) in [7, 11) is 0. The summed E-state index contributed by atoms with van der Waals surface area (Å²) in [5.74, 6) is 1.10. The fourth-order valence-corrected chi connectivity index (χ4v) is 2.60. The molecule has 3 heteroatoms. The Morgan fingerprint density at radius 2 is 2.24 bits per heavy atom. The van der Waals surface area contributed by atoms with Crippen molar-refractivity contribution in [1.82, 2.24) is 5.32 Å². The first kappa shape index (κ1) is 12.8. The first-order valence-electron chi connectivity index (χ1n) is 6.31. The molecule has 94 valence electrons. The zero-order chi connectivity index (χ0) is 12.4. The molecule has 0 heterocycles. The second kappa shape index (κ2) is 5.36. The molecular formula is C14H19ClFN. The molecule has 0 amide bonds. The Kier molecular flexibility index (Phi) is 4.05. The second-order valence-electron chi connectivity index (χ2n) is 4.97. The van der Waals surface area contributed by atoms with Gasteiger partial charge in [-0.25, -0.2) is 4.39 Å². The van der Waals surface area contributed by atoms with Gasteiger partial charge in [-0.3, -0.25) is 0 Å². The zero-order valence-corrected chi connectivity index (χ0v) is 11.1. The summed E-state index contributed by atoms with van der Waals surface area (Å²) in [6.45, 7) is 5.31. The average molecular weight is 256 g/mol. The maximum atomic E-state index is 13.3. The summed E-state index contributed by atoms with van der Waals surface area (Å²) in [5.41, 5.74) is 0.912. The van der Waals surface area contributed by atoms with Gasteiger partial charge >= 0.3 is 0 Å². The lowest BCUT2D eigenvalue weighted by Crippen LogP contribution is -2.24. The van der Waals surface area contributed by atoms with Crippen LogP contribution < -0.4 is 5.32 Å². The molecule has 3 atom stereocenters. The Morgan fingerprint density at radius 1 is 1.53 bits per heavy atom. The van der Waals surface area contributed by atoms with Crippen LogP contribution in [0.25, 0.3) is 0 Å². The van der Waals surface area contributed by atoms with Crippen molar-refractivity contribution in [1.29, 1.82) is 0 Å². The van der Waals surface area contributed by atoms with Gasteiger partial charge in [0, 0.05) is 11.1 Å². The van der Waals surface area contributed by atoms with Crippen LogP contribution in [0.1, 0.15) is 38.3 Å². The van der Waals surface area contributed by atoms with Crippen LogP contribution in [-0.4, -0.2) is 6.54 Å². The quantitative estimate of drug-likeness (QED) is 0.833. The lowest BCUT2D eigenvalue weighted by atomic mass is 10.0. The lowest BCUT2D eigenvalue weighted by Gasteiger charge is -2.20. The van der Waals surface area contributed by atoms with Crippen molar-refractivity contribution in [3.8, 4) is 0 Å². The Labute approximate surface area is 107 Å². The van der Waals surface area contributed by atoms with Crippen LogP contribution in [0.3, 0.4) is 0 Å². The normalized spacial score (nSPS) is 24.7. The Balaban J connectivity index is 2.21. The van der Waals surface area contributed by atoms with Gasteiger partial charge in [-0.05, 0) is 55.0 Å². The number of nitrogens with one attached hydrogen (secondary N) is 1. The van der Waals surface area contributed by atoms with E-state index in [1.807, 2.05) is 0 Å². The number of hydrogen-bond donors (Lipinski definition) is 1. The predicted octanol–water partition coefficient (Wildman–Crippen LogP) is 4.18. The average Bonchev–Trinajstić information content (AvgIpc) is 3.01. The van der Waals surface area contributed by atoms with Crippen LogP contribution in [0, 0.1) is 17.7 Å². The maximum absolute atomic E-state index is 13.3. The molecule has 1 nitrogen and oxygen atoms in total. The molecular weight excluding hydrogens is 237 g/mol. The number of halogens is 2. The van der Waals surface area contributed by atoms with E-state index in [9.17, 15) is 4.39 Å². The fourth-order valence-electron chi connectivity index (χ4n) is 2.36. The monoisotopic (exact) mass is 255 g/mol. The molecule has 1 aliphatic carbocycles. The molecule has 17 heavy (non-hydrogen) atoms. The molecule has 0 aliphatic heterocycles. The molecule has 0 radical (unpaired) electrons. The first-order valence-corrected chi connectivity index (χ1v) is 6.69. The van der Waals surface area contributed by atoms with Gasteiger partial charge in [0.25, 0.3) is 0 Å². The highest BCUT2D eigenvalue weighted by Gasteiger charge is 2.40. The first-order chi connectivity index (χ1) is 8.13. The van der Waals surface area contributed by atoms with E-state index in [0.717, 1.165) is 18.5 Å². The lowest BCUT2D eigenvalue weighted by molar-refractivity contribution is 0.460. The number of benzene rings is 1. The molecule has 1 aromatic carbocycles. The topological polar surface area (TPSA) is 12.0 Å². The van der Waals surface area contributed by atoms with Crippen LogP contribution in [0.5, 0.6) is 0 Å². The third kappa shape index (κ3) is 2.99. The minimum absolute atomic E-state index is 0.202. The number of rotatable bonds is 5. The Bertz CT molecular complexity index is 394. The van der Waals surface area contributed by atoms with Crippen LogP contribution >= 0.6 is 11.6 Å². The van der Waals surface area contributed by atoms with E-state index < -0.39 is 0 Å². The van der Waals surface area contributed by atoms with E-state index in [2.05, 4.69) is 19.2 Å². The minimum Gasteiger partial charge on any atom is -0.310 e. The van der Waals surface area contributed by atoms with E-state index >= 15 is 0 Å². The van der Waals surface area contributed by atoms with Crippen molar-refractivity contribution < 1.29 is 4.39 Å². The molecule has 0 bridgehead atoms. The van der Waals surface area contributed by atoms with Crippen molar-refractivity contribution in [3.63, 3.8) is 0 Å². The van der Waals surface area contributed by atoms with Gasteiger partial charge < -0.3 is 5.32 Å². The molecule has 1 aliphatic rings. The van der Waals surface area contributed by atoms with Crippen molar-refractivity contribution in [2.75, 3.05) is 6.54 Å². The van der Waals surface area contributed by atoms with Crippen molar-refractivity contribution in [3.05, 3.63) is 34.6 Å². The van der Waals surface area contributed by atoms with E-state index in [-0.39, 0.29) is 11.9 Å². The Morgan fingerprint density at radius 3 is 2.82 bits per heavy atom. The van der Waals surface area contributed by atoms with Crippen LogP contribution in [0.15, 0.2) is 18.2 Å². The van der Waals surface area contributed by atoms with Gasteiger partial charge in [0.1, 0.15) is 5.82 Å². The smallest absolute Gasteiger partial charge is 0.123 e. The molecule has 0 aromatic heterocycles. The standard InChI is InChI=1S/C14H19ClFN/c1-3-6-17-14(11-7-9(11)2)12-8-10(16)4-5-13(12)15/h4-5,8-9,11,14,17H,3,6-7H2,1-2H3.